The zero-order valence-electron chi connectivity index (χ0n) is 18.2. The molecule has 0 amide bonds. The predicted molar refractivity (Wildman–Crippen MR) is 116 cm³/mol. The summed E-state index contributed by atoms with van der Waals surface area (Å²) in [7, 11) is 1.69. The fourth-order valence-corrected chi connectivity index (χ4v) is 4.03. The molecule has 4 rings (SSSR count). The third-order valence-electron chi connectivity index (χ3n) is 5.70. The van der Waals surface area contributed by atoms with E-state index in [1.165, 1.54) is 0 Å². The normalized spacial score (nSPS) is 15.0. The first-order valence-electron chi connectivity index (χ1n) is 10.6. The number of ether oxygens (including phenoxy) is 1. The molecule has 0 atom stereocenters. The first kappa shape index (κ1) is 21.2. The van der Waals surface area contributed by atoms with E-state index < -0.39 is 5.97 Å². The molecule has 9 nitrogen and oxygen atoms in total. The molecule has 0 aliphatic carbocycles. The van der Waals surface area contributed by atoms with E-state index >= 15 is 0 Å². The van der Waals surface area contributed by atoms with Gasteiger partial charge in [0.15, 0.2) is 11.5 Å². The number of anilines is 1. The molecule has 4 heterocycles. The number of aryl methyl sites for hydroxylation is 3. The van der Waals surface area contributed by atoms with E-state index in [2.05, 4.69) is 9.88 Å². The number of carbonyl (C=O) groups is 1. The van der Waals surface area contributed by atoms with Gasteiger partial charge in [0.25, 0.3) is 0 Å². The van der Waals surface area contributed by atoms with E-state index in [-0.39, 0.29) is 5.92 Å². The maximum Gasteiger partial charge on any atom is 0.306 e. The first-order chi connectivity index (χ1) is 15.0. The Balaban J connectivity index is 1.72. The molecular formula is C22H28N6O3. The molecule has 1 fully saturated rings. The van der Waals surface area contributed by atoms with Crippen LogP contribution in [-0.2, 0) is 16.0 Å². The highest BCUT2D eigenvalue weighted by Crippen LogP contribution is 2.30. The fourth-order valence-electron chi connectivity index (χ4n) is 4.03. The maximum atomic E-state index is 11.4. The number of hydrogen-bond donors (Lipinski definition) is 1. The van der Waals surface area contributed by atoms with Crippen molar-refractivity contribution in [3.8, 4) is 11.4 Å². The fraction of sp³-hybridized carbons (Fsp3) is 0.500. The Morgan fingerprint density at radius 3 is 2.74 bits per heavy atom. The van der Waals surface area contributed by atoms with E-state index in [0.717, 1.165) is 47.0 Å². The summed E-state index contributed by atoms with van der Waals surface area (Å²) < 4.78 is 6.95. The number of fused-ring (bicyclic) bond motifs is 1. The van der Waals surface area contributed by atoms with Crippen LogP contribution in [0, 0.1) is 19.8 Å². The molecule has 3 aromatic rings. The van der Waals surface area contributed by atoms with Crippen LogP contribution >= 0.6 is 0 Å². The summed E-state index contributed by atoms with van der Waals surface area (Å²) in [6.45, 7) is 5.88. The van der Waals surface area contributed by atoms with Crippen molar-refractivity contribution >= 4 is 17.4 Å². The zero-order chi connectivity index (χ0) is 22.0. The Kier molecular flexibility index (Phi) is 6.13. The Hall–Kier alpha value is -3.07. The number of rotatable bonds is 7. The lowest BCUT2D eigenvalue weighted by molar-refractivity contribution is -0.142. The van der Waals surface area contributed by atoms with Gasteiger partial charge in [-0.2, -0.15) is 5.10 Å². The highest BCUT2D eigenvalue weighted by Gasteiger charge is 2.27. The first-order valence-corrected chi connectivity index (χ1v) is 10.6. The lowest BCUT2D eigenvalue weighted by atomic mass is 9.97. The van der Waals surface area contributed by atoms with Crippen LogP contribution in [-0.4, -0.2) is 62.4 Å². The van der Waals surface area contributed by atoms with Crippen molar-refractivity contribution in [1.29, 1.82) is 0 Å². The van der Waals surface area contributed by atoms with Crippen LogP contribution < -0.4 is 4.90 Å². The molecule has 0 radical (unpaired) electrons. The van der Waals surface area contributed by atoms with Gasteiger partial charge in [0.2, 0.25) is 0 Å². The molecular weight excluding hydrogens is 396 g/mol. The number of carboxylic acids is 1. The van der Waals surface area contributed by atoms with E-state index in [4.69, 9.17) is 19.8 Å². The van der Waals surface area contributed by atoms with Crippen molar-refractivity contribution in [2.45, 2.75) is 39.5 Å². The summed E-state index contributed by atoms with van der Waals surface area (Å²) in [4.78, 5) is 27.7. The Morgan fingerprint density at radius 1 is 1.26 bits per heavy atom. The van der Waals surface area contributed by atoms with Crippen LogP contribution in [0.25, 0.3) is 17.0 Å². The van der Waals surface area contributed by atoms with Crippen LogP contribution in [0.2, 0.25) is 0 Å². The molecule has 31 heavy (non-hydrogen) atoms. The lowest BCUT2D eigenvalue weighted by Crippen LogP contribution is -2.37. The van der Waals surface area contributed by atoms with Gasteiger partial charge in [-0.3, -0.25) is 4.79 Å². The SMILES string of the molecule is COCCCc1cnc(-c2cc(C)c3nc(C)cn3n2)c(N2CCC(C(=O)O)CC2)n1. The Bertz CT molecular complexity index is 1090. The van der Waals surface area contributed by atoms with Crippen LogP contribution in [0.5, 0.6) is 0 Å². The number of aromatic nitrogens is 5. The average Bonchev–Trinajstić information content (AvgIpc) is 3.15. The van der Waals surface area contributed by atoms with Gasteiger partial charge in [0.05, 0.1) is 23.5 Å². The van der Waals surface area contributed by atoms with Gasteiger partial charge < -0.3 is 14.7 Å². The summed E-state index contributed by atoms with van der Waals surface area (Å²) in [6, 6.07) is 1.99. The highest BCUT2D eigenvalue weighted by atomic mass is 16.5. The molecule has 0 saturated carbocycles. The number of piperidine rings is 1. The van der Waals surface area contributed by atoms with E-state index in [1.54, 1.807) is 17.8 Å². The third kappa shape index (κ3) is 4.51. The third-order valence-corrected chi connectivity index (χ3v) is 5.70. The van der Waals surface area contributed by atoms with Gasteiger partial charge in [-0.15, -0.1) is 0 Å². The van der Waals surface area contributed by atoms with Crippen molar-refractivity contribution in [2.24, 2.45) is 5.92 Å². The maximum absolute atomic E-state index is 11.4. The quantitative estimate of drug-likeness (QED) is 0.577. The van der Waals surface area contributed by atoms with Crippen molar-refractivity contribution in [3.63, 3.8) is 0 Å². The summed E-state index contributed by atoms with van der Waals surface area (Å²) >= 11 is 0. The zero-order valence-corrected chi connectivity index (χ0v) is 18.2. The van der Waals surface area contributed by atoms with Crippen molar-refractivity contribution in [1.82, 2.24) is 24.6 Å². The minimum Gasteiger partial charge on any atom is -0.481 e. The minimum atomic E-state index is -0.725. The molecule has 1 N–H and O–H groups in total. The van der Waals surface area contributed by atoms with Gasteiger partial charge >= 0.3 is 5.97 Å². The van der Waals surface area contributed by atoms with E-state index in [0.29, 0.717) is 38.2 Å². The molecule has 1 aliphatic rings. The van der Waals surface area contributed by atoms with Gasteiger partial charge in [-0.25, -0.2) is 19.5 Å². The van der Waals surface area contributed by atoms with Gasteiger partial charge in [0, 0.05) is 33.0 Å². The molecule has 0 unspecified atom stereocenters. The summed E-state index contributed by atoms with van der Waals surface area (Å²) in [5.74, 6) is -0.262. The molecule has 9 heteroatoms. The standard InChI is InChI=1S/C22H28N6O3/c1-14-11-18(26-28-13-15(2)24-20(14)28)19-21(25-17(12-23-19)5-4-10-31-3)27-8-6-16(7-9-27)22(29)30/h11-13,16H,4-10H2,1-3H3,(H,29,30). The number of methoxy groups -OCH3 is 1. The monoisotopic (exact) mass is 424 g/mol. The Morgan fingerprint density at radius 2 is 2.03 bits per heavy atom. The molecule has 1 saturated heterocycles. The molecule has 164 valence electrons. The van der Waals surface area contributed by atoms with Crippen molar-refractivity contribution in [2.75, 3.05) is 31.7 Å². The molecule has 3 aromatic heterocycles. The topological polar surface area (TPSA) is 106 Å². The Labute approximate surface area is 181 Å². The van der Waals surface area contributed by atoms with Gasteiger partial charge in [0.1, 0.15) is 11.4 Å². The summed E-state index contributed by atoms with van der Waals surface area (Å²) in [5.41, 5.74) is 5.08. The largest absolute Gasteiger partial charge is 0.481 e. The van der Waals surface area contributed by atoms with Gasteiger partial charge in [-0.05, 0) is 51.2 Å². The van der Waals surface area contributed by atoms with Crippen molar-refractivity contribution in [3.05, 3.63) is 35.4 Å². The lowest BCUT2D eigenvalue weighted by Gasteiger charge is -2.32. The minimum absolute atomic E-state index is 0.303. The van der Waals surface area contributed by atoms with E-state index in [1.807, 2.05) is 26.1 Å². The second kappa shape index (κ2) is 8.97. The van der Waals surface area contributed by atoms with Crippen molar-refractivity contribution < 1.29 is 14.6 Å². The van der Waals surface area contributed by atoms with Crippen LogP contribution in [0.15, 0.2) is 18.5 Å². The summed E-state index contributed by atoms with van der Waals surface area (Å²) in [6.07, 6.45) is 6.52. The molecule has 0 bridgehead atoms. The number of hydrogen-bond acceptors (Lipinski definition) is 7. The smallest absolute Gasteiger partial charge is 0.306 e. The number of nitrogens with zero attached hydrogens (tertiary/aromatic N) is 6. The summed E-state index contributed by atoms with van der Waals surface area (Å²) in [5, 5.41) is 14.1. The second-order valence-electron chi connectivity index (χ2n) is 8.09. The average molecular weight is 425 g/mol. The van der Waals surface area contributed by atoms with Gasteiger partial charge in [-0.1, -0.05) is 0 Å². The number of imidazole rings is 1. The molecule has 1 aliphatic heterocycles. The van der Waals surface area contributed by atoms with Crippen LogP contribution in [0.1, 0.15) is 36.2 Å². The second-order valence-corrected chi connectivity index (χ2v) is 8.09. The highest BCUT2D eigenvalue weighted by molar-refractivity contribution is 5.73. The number of carboxylic acid groups (broad SMARTS) is 1. The molecule has 0 aromatic carbocycles. The van der Waals surface area contributed by atoms with Crippen LogP contribution in [0.3, 0.4) is 0 Å². The molecule has 0 spiro atoms. The number of aliphatic carboxylic acids is 1. The van der Waals surface area contributed by atoms with E-state index in [9.17, 15) is 9.90 Å². The van der Waals surface area contributed by atoms with Crippen LogP contribution in [0.4, 0.5) is 5.82 Å². The predicted octanol–water partition coefficient (Wildman–Crippen LogP) is 2.68.